The third-order valence-electron chi connectivity index (χ3n) is 3.83. The van der Waals surface area contributed by atoms with Crippen LogP contribution in [0.2, 0.25) is 0 Å². The molecule has 0 aromatic carbocycles. The van der Waals surface area contributed by atoms with Crippen molar-refractivity contribution < 1.29 is 0 Å². The van der Waals surface area contributed by atoms with Gasteiger partial charge in [0.1, 0.15) is 0 Å². The van der Waals surface area contributed by atoms with Crippen molar-refractivity contribution >= 4 is 0 Å². The van der Waals surface area contributed by atoms with Crippen LogP contribution in [-0.4, -0.2) is 37.6 Å². The molecule has 0 bridgehead atoms. The highest BCUT2D eigenvalue weighted by molar-refractivity contribution is 5.05. The van der Waals surface area contributed by atoms with Crippen molar-refractivity contribution in [2.24, 2.45) is 5.41 Å². The molecule has 0 radical (unpaired) electrons. The number of rotatable bonds is 2. The second-order valence-corrected chi connectivity index (χ2v) is 5.61. The van der Waals surface area contributed by atoms with Crippen LogP contribution in [0.1, 0.15) is 33.1 Å². The molecule has 2 aliphatic heterocycles. The number of nitrogens with zero attached hydrogens (tertiary/aromatic N) is 1. The van der Waals surface area contributed by atoms with Gasteiger partial charge in [0.05, 0.1) is 0 Å². The first-order valence-corrected chi connectivity index (χ1v) is 6.27. The SMILES string of the molecule is CC1=CCCN(CC2(C)CCNCC2)C1. The Kier molecular flexibility index (Phi) is 3.47. The molecule has 1 fully saturated rings. The molecule has 2 heteroatoms. The van der Waals surface area contributed by atoms with Crippen LogP contribution in [-0.2, 0) is 0 Å². The lowest BCUT2D eigenvalue weighted by molar-refractivity contribution is 0.133. The van der Waals surface area contributed by atoms with E-state index >= 15 is 0 Å². The number of nitrogens with one attached hydrogen (secondary N) is 1. The first kappa shape index (κ1) is 11.2. The maximum atomic E-state index is 3.46. The van der Waals surface area contributed by atoms with Gasteiger partial charge < -0.3 is 5.32 Å². The van der Waals surface area contributed by atoms with Gasteiger partial charge >= 0.3 is 0 Å². The zero-order valence-electron chi connectivity index (χ0n) is 10.2. The fourth-order valence-corrected chi connectivity index (χ4v) is 2.85. The Bertz CT molecular complexity index is 239. The van der Waals surface area contributed by atoms with Crippen molar-refractivity contribution in [3.8, 4) is 0 Å². The predicted molar refractivity (Wildman–Crippen MR) is 65.0 cm³/mol. The summed E-state index contributed by atoms with van der Waals surface area (Å²) >= 11 is 0. The third-order valence-corrected chi connectivity index (χ3v) is 3.83. The van der Waals surface area contributed by atoms with E-state index in [4.69, 9.17) is 0 Å². The standard InChI is InChI=1S/C13H24N2/c1-12-4-3-9-15(10-12)11-13(2)5-7-14-8-6-13/h4,14H,3,5-11H2,1-2H3. The van der Waals surface area contributed by atoms with E-state index in [1.807, 2.05) is 0 Å². The normalized spacial score (nSPS) is 27.5. The maximum absolute atomic E-state index is 3.46. The van der Waals surface area contributed by atoms with Gasteiger partial charge in [0.2, 0.25) is 0 Å². The molecular weight excluding hydrogens is 184 g/mol. The smallest absolute Gasteiger partial charge is 0.0190 e. The molecule has 0 aliphatic carbocycles. The van der Waals surface area contributed by atoms with E-state index in [0.717, 1.165) is 0 Å². The Morgan fingerprint density at radius 2 is 2.13 bits per heavy atom. The van der Waals surface area contributed by atoms with Gasteiger partial charge in [-0.05, 0) is 44.7 Å². The van der Waals surface area contributed by atoms with E-state index in [1.165, 1.54) is 52.0 Å². The Balaban J connectivity index is 1.87. The van der Waals surface area contributed by atoms with Gasteiger partial charge in [-0.3, -0.25) is 4.90 Å². The van der Waals surface area contributed by atoms with Crippen molar-refractivity contribution in [1.82, 2.24) is 10.2 Å². The van der Waals surface area contributed by atoms with E-state index < -0.39 is 0 Å². The molecule has 2 heterocycles. The zero-order valence-corrected chi connectivity index (χ0v) is 10.2. The van der Waals surface area contributed by atoms with E-state index in [2.05, 4.69) is 30.1 Å². The van der Waals surface area contributed by atoms with Gasteiger partial charge in [0.25, 0.3) is 0 Å². The topological polar surface area (TPSA) is 15.3 Å². The summed E-state index contributed by atoms with van der Waals surface area (Å²) in [4.78, 5) is 2.64. The molecule has 0 aromatic heterocycles. The predicted octanol–water partition coefficient (Wildman–Crippen LogP) is 2.03. The Morgan fingerprint density at radius 1 is 1.40 bits per heavy atom. The average Bonchev–Trinajstić information content (AvgIpc) is 2.18. The molecule has 86 valence electrons. The molecule has 0 aromatic rings. The van der Waals surface area contributed by atoms with E-state index in [-0.39, 0.29) is 0 Å². The summed E-state index contributed by atoms with van der Waals surface area (Å²) in [7, 11) is 0. The summed E-state index contributed by atoms with van der Waals surface area (Å²) in [5, 5.41) is 3.46. The second kappa shape index (κ2) is 4.67. The Labute approximate surface area is 93.7 Å². The molecule has 2 rings (SSSR count). The Morgan fingerprint density at radius 3 is 2.80 bits per heavy atom. The summed E-state index contributed by atoms with van der Waals surface area (Å²) in [5.41, 5.74) is 2.11. The van der Waals surface area contributed by atoms with Gasteiger partial charge in [-0.2, -0.15) is 0 Å². The molecule has 15 heavy (non-hydrogen) atoms. The molecule has 0 unspecified atom stereocenters. The fourth-order valence-electron chi connectivity index (χ4n) is 2.85. The Hall–Kier alpha value is -0.340. The molecule has 2 aliphatic rings. The third kappa shape index (κ3) is 3.05. The summed E-state index contributed by atoms with van der Waals surface area (Å²) in [5.74, 6) is 0. The van der Waals surface area contributed by atoms with Crippen LogP contribution in [0, 0.1) is 5.41 Å². The maximum Gasteiger partial charge on any atom is 0.0190 e. The van der Waals surface area contributed by atoms with Crippen LogP contribution in [0.3, 0.4) is 0 Å². The second-order valence-electron chi connectivity index (χ2n) is 5.61. The van der Waals surface area contributed by atoms with Crippen LogP contribution < -0.4 is 5.32 Å². The zero-order chi connectivity index (χ0) is 10.7. The fraction of sp³-hybridized carbons (Fsp3) is 0.846. The van der Waals surface area contributed by atoms with Crippen LogP contribution in [0.15, 0.2) is 11.6 Å². The summed E-state index contributed by atoms with van der Waals surface area (Å²) in [6.45, 7) is 10.9. The van der Waals surface area contributed by atoms with Crippen LogP contribution in [0.4, 0.5) is 0 Å². The van der Waals surface area contributed by atoms with Gasteiger partial charge in [-0.25, -0.2) is 0 Å². The first-order chi connectivity index (χ1) is 7.18. The van der Waals surface area contributed by atoms with Crippen LogP contribution >= 0.6 is 0 Å². The molecule has 1 N–H and O–H groups in total. The van der Waals surface area contributed by atoms with Gasteiger partial charge in [-0.15, -0.1) is 0 Å². The monoisotopic (exact) mass is 208 g/mol. The molecule has 0 saturated carbocycles. The summed E-state index contributed by atoms with van der Waals surface area (Å²) < 4.78 is 0. The minimum absolute atomic E-state index is 0.558. The van der Waals surface area contributed by atoms with Crippen molar-refractivity contribution in [1.29, 1.82) is 0 Å². The largest absolute Gasteiger partial charge is 0.317 e. The lowest BCUT2D eigenvalue weighted by atomic mass is 9.80. The quantitative estimate of drug-likeness (QED) is 0.699. The molecular formula is C13H24N2. The molecule has 0 atom stereocenters. The highest BCUT2D eigenvalue weighted by Crippen LogP contribution is 2.29. The van der Waals surface area contributed by atoms with E-state index in [9.17, 15) is 0 Å². The number of piperidine rings is 1. The minimum Gasteiger partial charge on any atom is -0.317 e. The van der Waals surface area contributed by atoms with Crippen molar-refractivity contribution in [3.05, 3.63) is 11.6 Å². The van der Waals surface area contributed by atoms with E-state index in [1.54, 1.807) is 5.57 Å². The van der Waals surface area contributed by atoms with Crippen molar-refractivity contribution in [3.63, 3.8) is 0 Å². The highest BCUT2D eigenvalue weighted by atomic mass is 15.1. The van der Waals surface area contributed by atoms with Crippen molar-refractivity contribution in [2.75, 3.05) is 32.7 Å². The van der Waals surface area contributed by atoms with Gasteiger partial charge in [0.15, 0.2) is 0 Å². The minimum atomic E-state index is 0.558. The van der Waals surface area contributed by atoms with Gasteiger partial charge in [0, 0.05) is 19.6 Å². The lowest BCUT2D eigenvalue weighted by Gasteiger charge is -2.39. The van der Waals surface area contributed by atoms with Crippen molar-refractivity contribution in [2.45, 2.75) is 33.1 Å². The molecule has 2 nitrogen and oxygen atoms in total. The number of hydrogen-bond acceptors (Lipinski definition) is 2. The first-order valence-electron chi connectivity index (χ1n) is 6.27. The van der Waals surface area contributed by atoms with E-state index in [0.29, 0.717) is 5.41 Å². The average molecular weight is 208 g/mol. The summed E-state index contributed by atoms with van der Waals surface area (Å²) in [6, 6.07) is 0. The van der Waals surface area contributed by atoms with Crippen LogP contribution in [0.5, 0.6) is 0 Å². The molecule has 1 saturated heterocycles. The van der Waals surface area contributed by atoms with Gasteiger partial charge in [-0.1, -0.05) is 18.6 Å². The lowest BCUT2D eigenvalue weighted by Crippen LogP contribution is -2.44. The number of hydrogen-bond donors (Lipinski definition) is 1. The summed E-state index contributed by atoms with van der Waals surface area (Å²) in [6.07, 6.45) is 6.32. The molecule has 0 amide bonds. The van der Waals surface area contributed by atoms with Crippen LogP contribution in [0.25, 0.3) is 0 Å². The highest BCUT2D eigenvalue weighted by Gasteiger charge is 2.29. The molecule has 0 spiro atoms.